The van der Waals surface area contributed by atoms with Crippen molar-refractivity contribution >= 4 is 0 Å². The van der Waals surface area contributed by atoms with Gasteiger partial charge < -0.3 is 10.2 Å². The predicted molar refractivity (Wildman–Crippen MR) is 78.0 cm³/mol. The maximum atomic E-state index is 13.0. The van der Waals surface area contributed by atoms with E-state index in [1.54, 1.807) is 6.07 Å². The third kappa shape index (κ3) is 3.01. The van der Waals surface area contributed by atoms with Crippen molar-refractivity contribution in [1.29, 1.82) is 0 Å². The molecule has 2 saturated heterocycles. The summed E-state index contributed by atoms with van der Waals surface area (Å²) in [5.41, 5.74) is 0.961. The van der Waals surface area contributed by atoms with Crippen molar-refractivity contribution in [2.45, 2.75) is 57.2 Å². The van der Waals surface area contributed by atoms with Crippen molar-refractivity contribution in [3.63, 3.8) is 0 Å². The van der Waals surface area contributed by atoms with E-state index in [0.717, 1.165) is 18.2 Å². The normalized spacial score (nSPS) is 28.3. The lowest BCUT2D eigenvalue weighted by Gasteiger charge is -2.36. The highest BCUT2D eigenvalue weighted by atomic mass is 19.1. The van der Waals surface area contributed by atoms with Gasteiger partial charge in [0.05, 0.1) is 11.9 Å². The fourth-order valence-corrected chi connectivity index (χ4v) is 3.67. The van der Waals surface area contributed by atoms with Gasteiger partial charge >= 0.3 is 0 Å². The largest absolute Gasteiger partial charge is 0.306 e. The van der Waals surface area contributed by atoms with Crippen molar-refractivity contribution in [2.24, 2.45) is 0 Å². The number of hydrogen-bond acceptors (Lipinski definition) is 3. The van der Waals surface area contributed by atoms with Crippen LogP contribution in [-0.4, -0.2) is 35.1 Å². The lowest BCUT2D eigenvalue weighted by molar-refractivity contribution is 0.160. The Kier molecular flexibility index (Phi) is 4.32. The molecule has 3 atom stereocenters. The van der Waals surface area contributed by atoms with Crippen LogP contribution >= 0.6 is 0 Å². The van der Waals surface area contributed by atoms with Gasteiger partial charge in [-0.25, -0.2) is 4.39 Å². The number of fused-ring (bicyclic) bond motifs is 1. The summed E-state index contributed by atoms with van der Waals surface area (Å²) in [5, 5.41) is 3.74. The third-order valence-electron chi connectivity index (χ3n) is 4.77. The van der Waals surface area contributed by atoms with Gasteiger partial charge in [-0.05, 0) is 57.3 Å². The molecule has 20 heavy (non-hydrogen) atoms. The Balaban J connectivity index is 1.61. The zero-order chi connectivity index (χ0) is 13.9. The second kappa shape index (κ2) is 6.19. The molecule has 0 saturated carbocycles. The van der Waals surface area contributed by atoms with E-state index in [1.807, 2.05) is 0 Å². The smallest absolute Gasteiger partial charge is 0.141 e. The molecule has 3 unspecified atom stereocenters. The maximum Gasteiger partial charge on any atom is 0.141 e. The maximum absolute atomic E-state index is 13.0. The topological polar surface area (TPSA) is 28.2 Å². The first kappa shape index (κ1) is 14.0. The second-order valence-corrected chi connectivity index (χ2v) is 6.08. The van der Waals surface area contributed by atoms with E-state index in [4.69, 9.17) is 0 Å². The fraction of sp³-hybridized carbons (Fsp3) is 0.688. The number of piperidine rings is 1. The molecule has 0 amide bonds. The minimum absolute atomic E-state index is 0.244. The molecule has 2 aliphatic heterocycles. The van der Waals surface area contributed by atoms with E-state index in [-0.39, 0.29) is 11.9 Å². The number of hydrogen-bond donors (Lipinski definition) is 1. The van der Waals surface area contributed by atoms with Gasteiger partial charge in [0.25, 0.3) is 0 Å². The average Bonchev–Trinajstić information content (AvgIpc) is 2.93. The summed E-state index contributed by atoms with van der Waals surface area (Å²) in [6.45, 7) is 4.66. The van der Waals surface area contributed by atoms with E-state index in [1.165, 1.54) is 51.0 Å². The molecule has 4 heteroatoms. The number of pyridine rings is 1. The Morgan fingerprint density at radius 1 is 1.40 bits per heavy atom. The first-order chi connectivity index (χ1) is 9.76. The van der Waals surface area contributed by atoms with Crippen LogP contribution in [0.2, 0.25) is 0 Å². The Bertz CT molecular complexity index is 434. The first-order valence-corrected chi connectivity index (χ1v) is 7.88. The molecule has 0 spiro atoms. The molecule has 1 aromatic heterocycles. The summed E-state index contributed by atoms with van der Waals surface area (Å²) < 4.78 is 13.0. The van der Waals surface area contributed by atoms with Crippen LogP contribution in [0.5, 0.6) is 0 Å². The zero-order valence-electron chi connectivity index (χ0n) is 12.2. The third-order valence-corrected chi connectivity index (χ3v) is 4.77. The first-order valence-electron chi connectivity index (χ1n) is 7.88. The van der Waals surface area contributed by atoms with Crippen LogP contribution in [0.4, 0.5) is 4.39 Å². The van der Waals surface area contributed by atoms with Crippen LogP contribution in [0.25, 0.3) is 0 Å². The molecular formula is C16H24FN3. The van der Waals surface area contributed by atoms with Crippen LogP contribution in [-0.2, 0) is 0 Å². The zero-order valence-corrected chi connectivity index (χ0v) is 12.2. The minimum atomic E-state index is -0.261. The average molecular weight is 277 g/mol. The number of nitrogens with zero attached hydrogens (tertiary/aromatic N) is 2. The quantitative estimate of drug-likeness (QED) is 0.917. The van der Waals surface area contributed by atoms with Crippen LogP contribution in [0, 0.1) is 5.82 Å². The summed E-state index contributed by atoms with van der Waals surface area (Å²) in [4.78, 5) is 6.87. The van der Waals surface area contributed by atoms with Gasteiger partial charge in [-0.2, -0.15) is 0 Å². The second-order valence-electron chi connectivity index (χ2n) is 6.08. The van der Waals surface area contributed by atoms with Gasteiger partial charge in [-0.3, -0.25) is 4.98 Å². The standard InChI is InChI=1S/C16H24FN3/c1-2-15(16-6-5-12(17)11-18-16)19-13-7-9-20-8-3-4-14(20)10-13/h5-6,11,13-15,19H,2-4,7-10H2,1H3. The van der Waals surface area contributed by atoms with Crippen molar-refractivity contribution < 1.29 is 4.39 Å². The summed E-state index contributed by atoms with van der Waals surface area (Å²) in [6.07, 6.45) is 7.48. The van der Waals surface area contributed by atoms with E-state index >= 15 is 0 Å². The van der Waals surface area contributed by atoms with Gasteiger partial charge in [-0.15, -0.1) is 0 Å². The molecule has 3 heterocycles. The summed E-state index contributed by atoms with van der Waals surface area (Å²) in [6, 6.07) is 4.91. The van der Waals surface area contributed by atoms with E-state index in [2.05, 4.69) is 22.1 Å². The van der Waals surface area contributed by atoms with Crippen LogP contribution in [0.1, 0.15) is 50.8 Å². The van der Waals surface area contributed by atoms with Gasteiger partial charge in [0.2, 0.25) is 0 Å². The molecule has 3 nitrogen and oxygen atoms in total. The van der Waals surface area contributed by atoms with Gasteiger partial charge in [-0.1, -0.05) is 6.92 Å². The Hall–Kier alpha value is -1.00. The van der Waals surface area contributed by atoms with Crippen molar-refractivity contribution in [1.82, 2.24) is 15.2 Å². The van der Waals surface area contributed by atoms with E-state index < -0.39 is 0 Å². The Morgan fingerprint density at radius 2 is 2.30 bits per heavy atom. The monoisotopic (exact) mass is 277 g/mol. The SMILES string of the molecule is CCC(NC1CCN2CCCC2C1)c1ccc(F)cn1. The molecular weight excluding hydrogens is 253 g/mol. The number of nitrogens with one attached hydrogen (secondary N) is 1. The van der Waals surface area contributed by atoms with Crippen molar-refractivity contribution in [3.05, 3.63) is 29.8 Å². The summed E-state index contributed by atoms with van der Waals surface area (Å²) in [7, 11) is 0. The van der Waals surface area contributed by atoms with Gasteiger partial charge in [0, 0.05) is 18.1 Å². The van der Waals surface area contributed by atoms with Crippen LogP contribution in [0.3, 0.4) is 0 Å². The molecule has 0 aromatic carbocycles. The molecule has 1 aromatic rings. The molecule has 110 valence electrons. The lowest BCUT2D eigenvalue weighted by Crippen LogP contribution is -2.46. The van der Waals surface area contributed by atoms with E-state index in [9.17, 15) is 4.39 Å². The van der Waals surface area contributed by atoms with Gasteiger partial charge in [0.1, 0.15) is 5.82 Å². The predicted octanol–water partition coefficient (Wildman–Crippen LogP) is 2.89. The highest BCUT2D eigenvalue weighted by Crippen LogP contribution is 2.28. The molecule has 3 rings (SSSR count). The summed E-state index contributed by atoms with van der Waals surface area (Å²) >= 11 is 0. The molecule has 0 bridgehead atoms. The number of aromatic nitrogens is 1. The highest BCUT2D eigenvalue weighted by molar-refractivity contribution is 5.10. The van der Waals surface area contributed by atoms with Crippen molar-refractivity contribution in [2.75, 3.05) is 13.1 Å². The highest BCUT2D eigenvalue weighted by Gasteiger charge is 2.32. The molecule has 1 N–H and O–H groups in total. The Labute approximate surface area is 120 Å². The van der Waals surface area contributed by atoms with Gasteiger partial charge in [0.15, 0.2) is 0 Å². The van der Waals surface area contributed by atoms with Crippen LogP contribution < -0.4 is 5.32 Å². The number of rotatable bonds is 4. The lowest BCUT2D eigenvalue weighted by atomic mass is 9.96. The van der Waals surface area contributed by atoms with Crippen LogP contribution in [0.15, 0.2) is 18.3 Å². The molecule has 2 aliphatic rings. The minimum Gasteiger partial charge on any atom is -0.306 e. The molecule has 2 fully saturated rings. The molecule has 0 radical (unpaired) electrons. The summed E-state index contributed by atoms with van der Waals surface area (Å²) in [5.74, 6) is -0.261. The number of halogens is 1. The Morgan fingerprint density at radius 3 is 3.05 bits per heavy atom. The molecule has 0 aliphatic carbocycles. The van der Waals surface area contributed by atoms with E-state index in [0.29, 0.717) is 6.04 Å². The fourth-order valence-electron chi connectivity index (χ4n) is 3.67. The van der Waals surface area contributed by atoms with Crippen molar-refractivity contribution in [3.8, 4) is 0 Å².